The summed E-state index contributed by atoms with van der Waals surface area (Å²) in [7, 11) is 1.44. The van der Waals surface area contributed by atoms with Gasteiger partial charge in [0.25, 0.3) is 5.91 Å². The van der Waals surface area contributed by atoms with E-state index in [0.717, 1.165) is 6.07 Å². The van der Waals surface area contributed by atoms with Crippen LogP contribution >= 0.6 is 0 Å². The molecule has 1 aromatic carbocycles. The van der Waals surface area contributed by atoms with Crippen molar-refractivity contribution in [3.63, 3.8) is 0 Å². The summed E-state index contributed by atoms with van der Waals surface area (Å²) in [5.41, 5.74) is 11.5. The Hall–Kier alpha value is -4.35. The number of aromatic nitrogens is 4. The van der Waals surface area contributed by atoms with Gasteiger partial charge in [0.1, 0.15) is 5.82 Å². The van der Waals surface area contributed by atoms with Crippen LogP contribution in [0.25, 0.3) is 28.2 Å². The number of fused-ring (bicyclic) bond motifs is 1. The van der Waals surface area contributed by atoms with Crippen molar-refractivity contribution in [2.24, 2.45) is 5.73 Å². The van der Waals surface area contributed by atoms with E-state index < -0.39 is 23.5 Å². The number of halogens is 3. The highest BCUT2D eigenvalue weighted by Gasteiger charge is 2.34. The van der Waals surface area contributed by atoms with Crippen LogP contribution in [-0.4, -0.2) is 39.2 Å². The van der Waals surface area contributed by atoms with E-state index in [1.807, 2.05) is 0 Å². The molecule has 9 nitrogen and oxygen atoms in total. The molecule has 1 amide bonds. The van der Waals surface area contributed by atoms with Gasteiger partial charge in [0.2, 0.25) is 0 Å². The van der Waals surface area contributed by atoms with Gasteiger partial charge >= 0.3 is 6.18 Å². The van der Waals surface area contributed by atoms with Gasteiger partial charge in [-0.05, 0) is 36.4 Å². The van der Waals surface area contributed by atoms with Crippen LogP contribution in [0.3, 0.4) is 0 Å². The van der Waals surface area contributed by atoms with Gasteiger partial charge in [-0.25, -0.2) is 14.5 Å². The number of rotatable bonds is 6. The molecule has 0 radical (unpaired) electrons. The zero-order chi connectivity index (χ0) is 23.8. The molecule has 0 bridgehead atoms. The van der Waals surface area contributed by atoms with E-state index in [2.05, 4.69) is 15.1 Å². The summed E-state index contributed by atoms with van der Waals surface area (Å²) in [4.78, 5) is 18.8. The monoisotopic (exact) mass is 458 g/mol. The van der Waals surface area contributed by atoms with Crippen molar-refractivity contribution in [3.05, 3.63) is 54.4 Å². The van der Waals surface area contributed by atoms with Crippen molar-refractivity contribution in [1.29, 1.82) is 0 Å². The summed E-state index contributed by atoms with van der Waals surface area (Å²) in [5.74, 6) is -0.581. The molecule has 3 aromatic heterocycles. The summed E-state index contributed by atoms with van der Waals surface area (Å²) in [6, 6.07) is 9.22. The van der Waals surface area contributed by atoms with Crippen molar-refractivity contribution in [2.75, 3.05) is 19.5 Å². The van der Waals surface area contributed by atoms with Crippen LogP contribution in [-0.2, 0) is 11.0 Å². The van der Waals surface area contributed by atoms with Gasteiger partial charge in [-0.1, -0.05) is 0 Å². The van der Waals surface area contributed by atoms with Crippen molar-refractivity contribution in [2.45, 2.75) is 6.18 Å². The van der Waals surface area contributed by atoms with Gasteiger partial charge < -0.3 is 20.9 Å². The predicted molar refractivity (Wildman–Crippen MR) is 112 cm³/mol. The summed E-state index contributed by atoms with van der Waals surface area (Å²) in [6.07, 6.45) is -2.02. The number of methoxy groups -OCH3 is 1. The molecule has 0 aliphatic rings. The van der Waals surface area contributed by atoms with Crippen molar-refractivity contribution in [3.8, 4) is 34.0 Å². The average Bonchev–Trinajstić information content (AvgIpc) is 3.20. The first-order valence-electron chi connectivity index (χ1n) is 9.44. The minimum atomic E-state index is -4.65. The molecular weight excluding hydrogens is 441 g/mol. The Kier molecular flexibility index (Phi) is 5.50. The normalized spacial score (nSPS) is 11.5. The molecule has 0 saturated heterocycles. The molecule has 4 rings (SSSR count). The SMILES string of the molecule is COc1cc(-c2ccc3ncc(-c4cnc(N)c(C(F)(F)F)c4)n3n2)ccc1OCC(N)=O. The van der Waals surface area contributed by atoms with Crippen LogP contribution in [0.5, 0.6) is 11.5 Å². The topological polar surface area (TPSA) is 131 Å². The second-order valence-corrected chi connectivity index (χ2v) is 6.91. The van der Waals surface area contributed by atoms with E-state index in [1.54, 1.807) is 30.3 Å². The summed E-state index contributed by atoms with van der Waals surface area (Å²) >= 11 is 0. The number of nitrogens with zero attached hydrogens (tertiary/aromatic N) is 4. The van der Waals surface area contributed by atoms with E-state index in [1.165, 1.54) is 24.0 Å². The molecule has 0 aliphatic carbocycles. The maximum atomic E-state index is 13.3. The van der Waals surface area contributed by atoms with Crippen LogP contribution < -0.4 is 20.9 Å². The number of hydrogen-bond acceptors (Lipinski definition) is 7. The van der Waals surface area contributed by atoms with Crippen molar-refractivity contribution >= 4 is 17.4 Å². The molecule has 0 saturated carbocycles. The standard InChI is InChI=1S/C21H17F3N6O3/c1-32-17-7-11(2-4-16(17)33-10-18(25)31)14-3-5-19-27-9-15(30(19)29-14)12-6-13(21(22,23)24)20(26)28-8-12/h2-9H,10H2,1H3,(H2,25,31)(H2,26,28). The van der Waals surface area contributed by atoms with Gasteiger partial charge in [-0.2, -0.15) is 18.3 Å². The smallest absolute Gasteiger partial charge is 0.419 e. The van der Waals surface area contributed by atoms with E-state index in [0.29, 0.717) is 34.1 Å². The summed E-state index contributed by atoms with van der Waals surface area (Å²) < 4.78 is 51.8. The Morgan fingerprint density at radius 2 is 1.85 bits per heavy atom. The maximum absolute atomic E-state index is 13.3. The predicted octanol–water partition coefficient (Wildman–Crippen LogP) is 2.93. The first-order chi connectivity index (χ1) is 15.7. The number of hydrogen-bond donors (Lipinski definition) is 2. The van der Waals surface area contributed by atoms with Gasteiger partial charge in [0.15, 0.2) is 23.8 Å². The van der Waals surface area contributed by atoms with Crippen molar-refractivity contribution in [1.82, 2.24) is 19.6 Å². The van der Waals surface area contributed by atoms with Gasteiger partial charge in [-0.15, -0.1) is 0 Å². The Morgan fingerprint density at radius 3 is 2.55 bits per heavy atom. The number of nitrogen functional groups attached to an aromatic ring is 1. The lowest BCUT2D eigenvalue weighted by atomic mass is 10.1. The molecular formula is C21H17F3N6O3. The molecule has 0 spiro atoms. The second-order valence-electron chi connectivity index (χ2n) is 6.91. The van der Waals surface area contributed by atoms with E-state index in [9.17, 15) is 18.0 Å². The quantitative estimate of drug-likeness (QED) is 0.454. The maximum Gasteiger partial charge on any atom is 0.419 e. The first kappa shape index (κ1) is 21.9. The molecule has 12 heteroatoms. The molecule has 170 valence electrons. The molecule has 0 aliphatic heterocycles. The number of primary amides is 1. The molecule has 4 aromatic rings. The number of nitrogens with two attached hydrogens (primary N) is 2. The fourth-order valence-corrected chi connectivity index (χ4v) is 3.16. The van der Waals surface area contributed by atoms with E-state index >= 15 is 0 Å². The second kappa shape index (κ2) is 8.30. The zero-order valence-electron chi connectivity index (χ0n) is 17.1. The van der Waals surface area contributed by atoms with Crippen LogP contribution in [0.2, 0.25) is 0 Å². The summed E-state index contributed by atoms with van der Waals surface area (Å²) in [5, 5.41) is 4.52. The third-order valence-corrected chi connectivity index (χ3v) is 4.71. The lowest BCUT2D eigenvalue weighted by Gasteiger charge is -2.12. The fourth-order valence-electron chi connectivity index (χ4n) is 3.16. The van der Waals surface area contributed by atoms with Gasteiger partial charge in [0, 0.05) is 17.3 Å². The molecule has 0 fully saturated rings. The van der Waals surface area contributed by atoms with Gasteiger partial charge in [-0.3, -0.25) is 4.79 Å². The number of alkyl halides is 3. The number of benzene rings is 1. The van der Waals surface area contributed by atoms with Crippen LogP contribution in [0, 0.1) is 0 Å². The van der Waals surface area contributed by atoms with Crippen LogP contribution in [0.1, 0.15) is 5.56 Å². The molecule has 0 unspecified atom stereocenters. The van der Waals surface area contributed by atoms with E-state index in [-0.39, 0.29) is 12.2 Å². The third kappa shape index (κ3) is 4.35. The summed E-state index contributed by atoms with van der Waals surface area (Å²) in [6.45, 7) is -0.312. The van der Waals surface area contributed by atoms with Crippen LogP contribution in [0.15, 0.2) is 48.8 Å². The lowest BCUT2D eigenvalue weighted by Crippen LogP contribution is -2.20. The Morgan fingerprint density at radius 1 is 1.06 bits per heavy atom. The number of imidazole rings is 1. The number of pyridine rings is 1. The lowest BCUT2D eigenvalue weighted by molar-refractivity contribution is -0.137. The first-order valence-corrected chi connectivity index (χ1v) is 9.44. The molecule has 33 heavy (non-hydrogen) atoms. The highest BCUT2D eigenvalue weighted by molar-refractivity contribution is 5.75. The highest BCUT2D eigenvalue weighted by Crippen LogP contribution is 2.36. The number of carbonyl (C=O) groups excluding carboxylic acids is 1. The fraction of sp³-hybridized carbons (Fsp3) is 0.143. The van der Waals surface area contributed by atoms with Crippen molar-refractivity contribution < 1.29 is 27.4 Å². The third-order valence-electron chi connectivity index (χ3n) is 4.71. The Balaban J connectivity index is 1.76. The zero-order valence-corrected chi connectivity index (χ0v) is 17.1. The molecule has 3 heterocycles. The van der Waals surface area contributed by atoms with Gasteiger partial charge in [0.05, 0.1) is 30.3 Å². The largest absolute Gasteiger partial charge is 0.493 e. The van der Waals surface area contributed by atoms with E-state index in [4.69, 9.17) is 20.9 Å². The Labute approximate surface area is 184 Å². The number of carbonyl (C=O) groups is 1. The Bertz CT molecular complexity index is 1350. The molecule has 0 atom stereocenters. The minimum Gasteiger partial charge on any atom is -0.493 e. The number of ether oxygens (including phenoxy) is 2. The minimum absolute atomic E-state index is 0.154. The molecule has 4 N–H and O–H groups in total. The number of amides is 1. The van der Waals surface area contributed by atoms with Crippen LogP contribution in [0.4, 0.5) is 19.0 Å². The highest BCUT2D eigenvalue weighted by atomic mass is 19.4. The number of anilines is 1. The average molecular weight is 458 g/mol.